The van der Waals surface area contributed by atoms with Gasteiger partial charge in [-0.05, 0) is 25.6 Å². The second kappa shape index (κ2) is 3.75. The molecule has 1 N–H and O–H groups in total. The van der Waals surface area contributed by atoms with Crippen molar-refractivity contribution in [2.45, 2.75) is 12.5 Å². The van der Waals surface area contributed by atoms with Crippen molar-refractivity contribution < 1.29 is 0 Å². The molecular formula is C10H15N3. The molecule has 0 bridgehead atoms. The maximum absolute atomic E-state index is 4.12. The van der Waals surface area contributed by atoms with Crippen LogP contribution in [0.4, 0.5) is 5.69 Å². The normalized spacial score (nSPS) is 22.2. The van der Waals surface area contributed by atoms with Crippen molar-refractivity contribution in [3.05, 3.63) is 24.5 Å². The van der Waals surface area contributed by atoms with E-state index in [9.17, 15) is 0 Å². The van der Waals surface area contributed by atoms with Gasteiger partial charge in [0.1, 0.15) is 0 Å². The van der Waals surface area contributed by atoms with Gasteiger partial charge < -0.3 is 10.2 Å². The number of hydrogen-bond acceptors (Lipinski definition) is 3. The van der Waals surface area contributed by atoms with Gasteiger partial charge in [0.05, 0.1) is 11.9 Å². The lowest BCUT2D eigenvalue weighted by molar-refractivity contribution is 0.617. The number of pyridine rings is 1. The fourth-order valence-corrected chi connectivity index (χ4v) is 1.77. The molecule has 0 saturated carbocycles. The zero-order valence-corrected chi connectivity index (χ0v) is 7.90. The Morgan fingerprint density at radius 2 is 2.54 bits per heavy atom. The van der Waals surface area contributed by atoms with E-state index in [4.69, 9.17) is 0 Å². The molecule has 0 unspecified atom stereocenters. The summed E-state index contributed by atoms with van der Waals surface area (Å²) >= 11 is 0. The van der Waals surface area contributed by atoms with Crippen molar-refractivity contribution in [1.82, 2.24) is 10.3 Å². The Hall–Kier alpha value is -1.09. The minimum atomic E-state index is 0.639. The summed E-state index contributed by atoms with van der Waals surface area (Å²) in [6, 6.07) is 4.74. The maximum Gasteiger partial charge on any atom is 0.0553 e. The molecule has 0 radical (unpaired) electrons. The van der Waals surface area contributed by atoms with Crippen LogP contribution < -0.4 is 10.2 Å². The molecule has 1 aliphatic heterocycles. The second-order valence-electron chi connectivity index (χ2n) is 3.43. The molecule has 70 valence electrons. The molecule has 0 spiro atoms. The van der Waals surface area contributed by atoms with Gasteiger partial charge in [-0.25, -0.2) is 0 Å². The first-order chi connectivity index (χ1) is 6.40. The molecule has 1 fully saturated rings. The van der Waals surface area contributed by atoms with E-state index < -0.39 is 0 Å². The standard InChI is InChI=1S/C10H15N3/c1-11-9-4-6-13(8-9)10-3-2-5-12-7-10/h2-3,5,7,9,11H,4,6,8H2,1H3/t9-/m0/s1. The molecule has 2 heterocycles. The van der Waals surface area contributed by atoms with Crippen LogP contribution in [0.15, 0.2) is 24.5 Å². The molecule has 1 aliphatic rings. The summed E-state index contributed by atoms with van der Waals surface area (Å²) in [7, 11) is 2.03. The van der Waals surface area contributed by atoms with Crippen molar-refractivity contribution in [3.63, 3.8) is 0 Å². The van der Waals surface area contributed by atoms with Crippen LogP contribution >= 0.6 is 0 Å². The quantitative estimate of drug-likeness (QED) is 0.727. The first-order valence-corrected chi connectivity index (χ1v) is 4.72. The highest BCUT2D eigenvalue weighted by Gasteiger charge is 2.20. The van der Waals surface area contributed by atoms with Crippen LogP contribution in [0.3, 0.4) is 0 Å². The molecule has 1 aromatic heterocycles. The van der Waals surface area contributed by atoms with Crippen molar-refractivity contribution >= 4 is 5.69 Å². The Labute approximate surface area is 78.8 Å². The summed E-state index contributed by atoms with van der Waals surface area (Å²) in [5.74, 6) is 0. The lowest BCUT2D eigenvalue weighted by Crippen LogP contribution is -2.29. The van der Waals surface area contributed by atoms with Crippen molar-refractivity contribution in [3.8, 4) is 0 Å². The lowest BCUT2D eigenvalue weighted by atomic mass is 10.3. The number of likely N-dealkylation sites (N-methyl/N-ethyl adjacent to an activating group) is 1. The monoisotopic (exact) mass is 177 g/mol. The Bertz CT molecular complexity index is 260. The number of rotatable bonds is 2. The molecule has 2 rings (SSSR count). The fraction of sp³-hybridized carbons (Fsp3) is 0.500. The predicted molar refractivity (Wildman–Crippen MR) is 53.9 cm³/mol. The van der Waals surface area contributed by atoms with Crippen molar-refractivity contribution in [1.29, 1.82) is 0 Å². The highest BCUT2D eigenvalue weighted by Crippen LogP contribution is 2.18. The van der Waals surface area contributed by atoms with E-state index in [0.717, 1.165) is 13.1 Å². The average molecular weight is 177 g/mol. The van der Waals surface area contributed by atoms with Gasteiger partial charge in [0, 0.05) is 25.3 Å². The first kappa shape index (κ1) is 8.51. The highest BCUT2D eigenvalue weighted by atomic mass is 15.2. The number of nitrogens with zero attached hydrogens (tertiary/aromatic N) is 2. The maximum atomic E-state index is 4.12. The summed E-state index contributed by atoms with van der Waals surface area (Å²) in [6.07, 6.45) is 4.97. The van der Waals surface area contributed by atoms with E-state index in [0.29, 0.717) is 6.04 Å². The topological polar surface area (TPSA) is 28.2 Å². The van der Waals surface area contributed by atoms with E-state index in [1.807, 2.05) is 25.5 Å². The van der Waals surface area contributed by atoms with Gasteiger partial charge in [-0.2, -0.15) is 0 Å². The number of aromatic nitrogens is 1. The molecule has 3 heteroatoms. The van der Waals surface area contributed by atoms with Crippen LogP contribution in [0.2, 0.25) is 0 Å². The third-order valence-electron chi connectivity index (χ3n) is 2.61. The minimum Gasteiger partial charge on any atom is -0.369 e. The van der Waals surface area contributed by atoms with Gasteiger partial charge in [-0.15, -0.1) is 0 Å². The number of hydrogen-bond donors (Lipinski definition) is 1. The molecular weight excluding hydrogens is 162 g/mol. The molecule has 3 nitrogen and oxygen atoms in total. The van der Waals surface area contributed by atoms with E-state index in [1.54, 1.807) is 0 Å². The summed E-state index contributed by atoms with van der Waals surface area (Å²) < 4.78 is 0. The van der Waals surface area contributed by atoms with Crippen LogP contribution in [-0.2, 0) is 0 Å². The van der Waals surface area contributed by atoms with Crippen LogP contribution in [0.1, 0.15) is 6.42 Å². The van der Waals surface area contributed by atoms with Gasteiger partial charge in [-0.3, -0.25) is 4.98 Å². The third-order valence-corrected chi connectivity index (χ3v) is 2.61. The Morgan fingerprint density at radius 1 is 1.62 bits per heavy atom. The van der Waals surface area contributed by atoms with Gasteiger partial charge in [-0.1, -0.05) is 0 Å². The van der Waals surface area contributed by atoms with Gasteiger partial charge >= 0.3 is 0 Å². The smallest absolute Gasteiger partial charge is 0.0553 e. The van der Waals surface area contributed by atoms with Crippen molar-refractivity contribution in [2.24, 2.45) is 0 Å². The number of nitrogens with one attached hydrogen (secondary N) is 1. The predicted octanol–water partition coefficient (Wildman–Crippen LogP) is 0.880. The van der Waals surface area contributed by atoms with Crippen LogP contribution in [0.5, 0.6) is 0 Å². The summed E-state index contributed by atoms with van der Waals surface area (Å²) in [6.45, 7) is 2.24. The van der Waals surface area contributed by atoms with E-state index in [-0.39, 0.29) is 0 Å². The van der Waals surface area contributed by atoms with Crippen LogP contribution in [0.25, 0.3) is 0 Å². The molecule has 1 atom stereocenters. The van der Waals surface area contributed by atoms with Crippen LogP contribution in [-0.4, -0.2) is 31.2 Å². The minimum absolute atomic E-state index is 0.639. The summed E-state index contributed by atoms with van der Waals surface area (Å²) in [5, 5.41) is 3.30. The fourth-order valence-electron chi connectivity index (χ4n) is 1.77. The highest BCUT2D eigenvalue weighted by molar-refractivity contribution is 5.44. The first-order valence-electron chi connectivity index (χ1n) is 4.72. The molecule has 1 saturated heterocycles. The zero-order chi connectivity index (χ0) is 9.10. The van der Waals surface area contributed by atoms with E-state index in [2.05, 4.69) is 21.3 Å². The Balaban J connectivity index is 2.04. The SMILES string of the molecule is CN[C@H]1CCN(c2cccnc2)C1. The van der Waals surface area contributed by atoms with Gasteiger partial charge in [0.25, 0.3) is 0 Å². The third kappa shape index (κ3) is 1.80. The largest absolute Gasteiger partial charge is 0.369 e. The average Bonchev–Trinajstić information content (AvgIpc) is 2.67. The molecule has 13 heavy (non-hydrogen) atoms. The molecule has 0 aromatic carbocycles. The number of anilines is 1. The molecule has 0 amide bonds. The second-order valence-corrected chi connectivity index (χ2v) is 3.43. The van der Waals surface area contributed by atoms with Gasteiger partial charge in [0.2, 0.25) is 0 Å². The van der Waals surface area contributed by atoms with E-state index >= 15 is 0 Å². The summed E-state index contributed by atoms with van der Waals surface area (Å²) in [4.78, 5) is 6.49. The van der Waals surface area contributed by atoms with E-state index in [1.165, 1.54) is 12.1 Å². The van der Waals surface area contributed by atoms with Gasteiger partial charge in [0.15, 0.2) is 0 Å². The molecule has 1 aromatic rings. The zero-order valence-electron chi connectivity index (χ0n) is 7.90. The lowest BCUT2D eigenvalue weighted by Gasteiger charge is -2.17. The molecule has 0 aliphatic carbocycles. The van der Waals surface area contributed by atoms with Crippen LogP contribution in [0, 0.1) is 0 Å². The summed E-state index contributed by atoms with van der Waals surface area (Å²) in [5.41, 5.74) is 1.24. The Kier molecular flexibility index (Phi) is 2.45. The van der Waals surface area contributed by atoms with Crippen molar-refractivity contribution in [2.75, 3.05) is 25.0 Å². The Morgan fingerprint density at radius 3 is 3.15 bits per heavy atom.